The van der Waals surface area contributed by atoms with Gasteiger partial charge in [0.05, 0.1) is 0 Å². The number of rotatable bonds is 9. The second-order valence-electron chi connectivity index (χ2n) is 4.63. The third-order valence-corrected chi connectivity index (χ3v) is 3.86. The van der Waals surface area contributed by atoms with Gasteiger partial charge in [0.1, 0.15) is 6.29 Å². The monoisotopic (exact) mass is 294 g/mol. The van der Waals surface area contributed by atoms with Crippen LogP contribution in [0.5, 0.6) is 0 Å². The quantitative estimate of drug-likeness (QED) is 0.396. The largest absolute Gasteiger partial charge is 0.476 e. The van der Waals surface area contributed by atoms with Crippen molar-refractivity contribution in [1.29, 1.82) is 0 Å². The molecule has 0 aliphatic rings. The van der Waals surface area contributed by atoms with E-state index < -0.39 is 31.3 Å². The Morgan fingerprint density at radius 1 is 1.39 bits per heavy atom. The molecule has 0 aliphatic carbocycles. The summed E-state index contributed by atoms with van der Waals surface area (Å²) in [6.45, 7) is 8.07. The van der Waals surface area contributed by atoms with Gasteiger partial charge in [0.25, 0.3) is 0 Å². The molecule has 0 spiro atoms. The fraction of sp³-hybridized carbons (Fsp3) is 0.727. The maximum absolute atomic E-state index is 12.8. The van der Waals surface area contributed by atoms with Crippen molar-refractivity contribution in [3.8, 4) is 0 Å². The number of carboxylic acid groups (broad SMARTS) is 1. The van der Waals surface area contributed by atoms with E-state index in [9.17, 15) is 9.18 Å². The van der Waals surface area contributed by atoms with Crippen LogP contribution in [0.4, 0.5) is 4.39 Å². The highest BCUT2D eigenvalue weighted by molar-refractivity contribution is 6.26. The molecule has 0 aliphatic heterocycles. The Hall–Kier alpha value is -0.506. The Morgan fingerprint density at radius 3 is 2.28 bits per heavy atom. The van der Waals surface area contributed by atoms with Gasteiger partial charge in [0, 0.05) is 5.41 Å². The fourth-order valence-corrected chi connectivity index (χ4v) is 3.47. The first kappa shape index (κ1) is 17.5. The van der Waals surface area contributed by atoms with Crippen molar-refractivity contribution in [2.75, 3.05) is 0 Å². The summed E-state index contributed by atoms with van der Waals surface area (Å²) >= 11 is 0. The van der Waals surface area contributed by atoms with Gasteiger partial charge in [-0.25, -0.2) is 4.79 Å². The zero-order valence-electron chi connectivity index (χ0n) is 11.5. The first-order chi connectivity index (χ1) is 8.35. The smallest absolute Gasteiger partial charge is 0.364 e. The summed E-state index contributed by atoms with van der Waals surface area (Å²) in [5.41, 5.74) is -0.235. The number of carboxylic acids is 1. The van der Waals surface area contributed by atoms with Crippen LogP contribution >= 0.6 is 0 Å². The maximum atomic E-state index is 12.8. The van der Waals surface area contributed by atoms with Crippen molar-refractivity contribution in [1.82, 2.24) is 0 Å². The summed E-state index contributed by atoms with van der Waals surface area (Å²) in [5.74, 6) is -2.61. The molecule has 0 amide bonds. The van der Waals surface area contributed by atoms with Gasteiger partial charge in [-0.15, -0.1) is 0 Å². The summed E-state index contributed by atoms with van der Waals surface area (Å²) in [6, 6.07) is 0. The van der Waals surface area contributed by atoms with Gasteiger partial charge < -0.3 is 14.0 Å². The van der Waals surface area contributed by atoms with Gasteiger partial charge in [0.2, 0.25) is 5.83 Å². The number of aliphatic carboxylic acids is 1. The summed E-state index contributed by atoms with van der Waals surface area (Å²) in [7, 11) is -1.14. The molecule has 0 saturated carbocycles. The molecule has 18 heavy (non-hydrogen) atoms. The predicted octanol–water partition coefficient (Wildman–Crippen LogP) is 1.35. The lowest BCUT2D eigenvalue weighted by Crippen LogP contribution is -2.35. The van der Waals surface area contributed by atoms with Gasteiger partial charge in [-0.05, 0) is 18.9 Å². The number of hydrogen-bond donors (Lipinski definition) is 1. The van der Waals surface area contributed by atoms with E-state index in [1.807, 2.05) is 26.9 Å². The number of halogens is 1. The predicted molar refractivity (Wildman–Crippen MR) is 74.6 cm³/mol. The van der Waals surface area contributed by atoms with Gasteiger partial charge in [0.15, 0.2) is 19.5 Å². The summed E-state index contributed by atoms with van der Waals surface area (Å²) in [5, 5.41) is 8.41. The van der Waals surface area contributed by atoms with E-state index in [2.05, 4.69) is 0 Å². The highest BCUT2D eigenvalue weighted by Gasteiger charge is 2.29. The lowest BCUT2D eigenvalue weighted by atomic mass is 9.87. The second kappa shape index (κ2) is 8.57. The van der Waals surface area contributed by atoms with E-state index in [0.29, 0.717) is 12.8 Å². The Morgan fingerprint density at radius 2 is 1.89 bits per heavy atom. The molecule has 0 unspecified atom stereocenters. The molecule has 0 radical (unpaired) electrons. The molecule has 0 aromatic rings. The molecular formula is C11H23FO4Si2. The van der Waals surface area contributed by atoms with Crippen LogP contribution in [-0.4, -0.2) is 36.9 Å². The first-order valence-corrected chi connectivity index (χ1v) is 10.2. The van der Waals surface area contributed by atoms with Crippen molar-refractivity contribution in [3.63, 3.8) is 0 Å². The second-order valence-corrected chi connectivity index (χ2v) is 6.45. The van der Waals surface area contributed by atoms with Crippen molar-refractivity contribution >= 4 is 25.5 Å². The summed E-state index contributed by atoms with van der Waals surface area (Å²) < 4.78 is 24.2. The molecule has 0 aromatic carbocycles. The molecule has 7 heteroatoms. The molecular weight excluding hydrogens is 271 g/mol. The van der Waals surface area contributed by atoms with Crippen molar-refractivity contribution in [2.24, 2.45) is 5.41 Å². The van der Waals surface area contributed by atoms with Gasteiger partial charge in [-0.3, -0.25) is 0 Å². The van der Waals surface area contributed by atoms with E-state index in [0.717, 1.165) is 6.08 Å². The van der Waals surface area contributed by atoms with E-state index in [-0.39, 0.29) is 11.7 Å². The number of hydrogen-bond acceptors (Lipinski definition) is 3. The van der Waals surface area contributed by atoms with Gasteiger partial charge in [-0.1, -0.05) is 26.9 Å². The van der Waals surface area contributed by atoms with E-state index in [4.69, 9.17) is 14.0 Å². The van der Waals surface area contributed by atoms with Crippen LogP contribution in [0.25, 0.3) is 0 Å². The summed E-state index contributed by atoms with van der Waals surface area (Å²) in [6.07, 6.45) is 1.85. The van der Waals surface area contributed by atoms with E-state index in [1.165, 1.54) is 0 Å². The van der Waals surface area contributed by atoms with Crippen molar-refractivity contribution < 1.29 is 23.1 Å². The van der Waals surface area contributed by atoms with Gasteiger partial charge >= 0.3 is 5.97 Å². The van der Waals surface area contributed by atoms with Crippen LogP contribution in [-0.2, 0) is 13.6 Å². The molecule has 1 N–H and O–H groups in total. The SMILES string of the molecule is C[SiH2]OC(O[SiH2]C)C(C)(C)CC/C=C(\F)C(=O)O. The Bertz CT molecular complexity index is 289. The molecule has 0 aromatic heterocycles. The molecule has 4 nitrogen and oxygen atoms in total. The van der Waals surface area contributed by atoms with Crippen LogP contribution in [0.1, 0.15) is 26.7 Å². The van der Waals surface area contributed by atoms with Crippen molar-refractivity contribution in [3.05, 3.63) is 11.9 Å². The third-order valence-electron chi connectivity index (χ3n) is 2.59. The van der Waals surface area contributed by atoms with Crippen LogP contribution < -0.4 is 0 Å². The van der Waals surface area contributed by atoms with Gasteiger partial charge in [-0.2, -0.15) is 4.39 Å². The average Bonchev–Trinajstić information content (AvgIpc) is 2.28. The van der Waals surface area contributed by atoms with Crippen LogP contribution in [0, 0.1) is 5.41 Å². The minimum Gasteiger partial charge on any atom is -0.476 e. The molecule has 106 valence electrons. The zero-order chi connectivity index (χ0) is 14.2. The topological polar surface area (TPSA) is 55.8 Å². The van der Waals surface area contributed by atoms with Crippen LogP contribution in [0.3, 0.4) is 0 Å². The van der Waals surface area contributed by atoms with Crippen molar-refractivity contribution in [2.45, 2.75) is 46.1 Å². The lowest BCUT2D eigenvalue weighted by molar-refractivity contribution is -0.134. The van der Waals surface area contributed by atoms with Crippen LogP contribution in [0.15, 0.2) is 11.9 Å². The average molecular weight is 294 g/mol. The molecule has 0 bridgehead atoms. The molecule has 0 atom stereocenters. The number of carbonyl (C=O) groups is 1. The number of allylic oxidation sites excluding steroid dienone is 1. The molecule has 0 heterocycles. The highest BCUT2D eigenvalue weighted by Crippen LogP contribution is 2.30. The minimum atomic E-state index is -1.52. The fourth-order valence-electron chi connectivity index (χ4n) is 1.58. The zero-order valence-corrected chi connectivity index (χ0v) is 14.4. The third kappa shape index (κ3) is 6.43. The standard InChI is InChI=1S/C11H23FO4Si2/c1-11(2,10(15-17-3)16-18-4)7-5-6-8(12)9(13)14/h6,10H,5,7,17-18H2,1-4H3,(H,13,14)/b8-6-. The van der Waals surface area contributed by atoms with Crippen LogP contribution in [0.2, 0.25) is 13.1 Å². The Kier molecular flexibility index (Phi) is 8.33. The molecule has 0 fully saturated rings. The minimum absolute atomic E-state index is 0.235. The Balaban J connectivity index is 4.42. The Labute approximate surface area is 112 Å². The van der Waals surface area contributed by atoms with E-state index >= 15 is 0 Å². The first-order valence-electron chi connectivity index (χ1n) is 6.17. The molecule has 0 saturated heterocycles. The lowest BCUT2D eigenvalue weighted by Gasteiger charge is -2.34. The summed E-state index contributed by atoms with van der Waals surface area (Å²) in [4.78, 5) is 10.3. The van der Waals surface area contributed by atoms with E-state index in [1.54, 1.807) is 0 Å². The maximum Gasteiger partial charge on any atom is 0.364 e. The highest BCUT2D eigenvalue weighted by atomic mass is 28.2. The normalized spacial score (nSPS) is 15.9. The molecule has 0 rings (SSSR count).